The number of anilines is 1. The molecule has 176 valence electrons. The van der Waals surface area contributed by atoms with Crippen LogP contribution in [0.25, 0.3) is 6.08 Å². The van der Waals surface area contributed by atoms with Gasteiger partial charge in [0.1, 0.15) is 0 Å². The fourth-order valence-electron chi connectivity index (χ4n) is 2.78. The Morgan fingerprint density at radius 1 is 0.829 bits per heavy atom. The lowest BCUT2D eigenvalue weighted by Gasteiger charge is -2.10. The molecule has 0 aromatic heterocycles. The first-order valence-electron chi connectivity index (χ1n) is 10.1. The Morgan fingerprint density at radius 2 is 1.51 bits per heavy atom. The molecule has 0 aliphatic heterocycles. The van der Waals surface area contributed by atoms with Crippen molar-refractivity contribution in [2.75, 3.05) is 5.32 Å². The fourth-order valence-corrected chi connectivity index (χ4v) is 2.93. The van der Waals surface area contributed by atoms with Crippen molar-refractivity contribution in [1.82, 2.24) is 16.2 Å². The Bertz CT molecular complexity index is 1290. The van der Waals surface area contributed by atoms with Gasteiger partial charge in [-0.15, -0.1) is 0 Å². The minimum atomic E-state index is -0.596. The monoisotopic (exact) mass is 489 g/mol. The Balaban J connectivity index is 1.46. The van der Waals surface area contributed by atoms with Gasteiger partial charge >= 0.3 is 0 Å². The van der Waals surface area contributed by atoms with Crippen molar-refractivity contribution in [2.45, 2.75) is 0 Å². The Labute approximate surface area is 205 Å². The average Bonchev–Trinajstić information content (AvgIpc) is 2.87. The number of hydrogen-bond acceptors (Lipinski definition) is 6. The third kappa shape index (κ3) is 7.58. The number of hydrogen-bond donors (Lipinski definition) is 4. The van der Waals surface area contributed by atoms with Gasteiger partial charge in [-0.2, -0.15) is 0 Å². The zero-order chi connectivity index (χ0) is 25.2. The van der Waals surface area contributed by atoms with Crippen molar-refractivity contribution in [1.29, 1.82) is 0 Å². The lowest BCUT2D eigenvalue weighted by Crippen LogP contribution is -2.48. The number of carbonyl (C=O) groups excluding carboxylic acids is 3. The van der Waals surface area contributed by atoms with Gasteiger partial charge in [0.05, 0.1) is 4.92 Å². The van der Waals surface area contributed by atoms with Crippen LogP contribution in [0, 0.1) is 10.1 Å². The van der Waals surface area contributed by atoms with Crippen LogP contribution in [0.4, 0.5) is 11.4 Å². The minimum Gasteiger partial charge on any atom is -0.322 e. The van der Waals surface area contributed by atoms with E-state index in [0.717, 1.165) is 6.08 Å². The summed E-state index contributed by atoms with van der Waals surface area (Å²) in [7, 11) is 0. The number of non-ortho nitro benzene ring substituents is 1. The second-order valence-electron chi connectivity index (χ2n) is 6.98. The molecule has 0 saturated carbocycles. The number of hydrazine groups is 1. The van der Waals surface area contributed by atoms with Crippen molar-refractivity contribution >= 4 is 52.5 Å². The van der Waals surface area contributed by atoms with Crippen LogP contribution in [-0.4, -0.2) is 27.8 Å². The van der Waals surface area contributed by atoms with Gasteiger partial charge in [-0.25, -0.2) is 0 Å². The van der Waals surface area contributed by atoms with E-state index >= 15 is 0 Å². The molecule has 0 heterocycles. The van der Waals surface area contributed by atoms with Gasteiger partial charge in [0.2, 0.25) is 5.91 Å². The predicted octanol–water partition coefficient (Wildman–Crippen LogP) is 3.20. The summed E-state index contributed by atoms with van der Waals surface area (Å²) >= 11 is 4.97. The zero-order valence-electron chi connectivity index (χ0n) is 18.1. The zero-order valence-corrected chi connectivity index (χ0v) is 18.9. The van der Waals surface area contributed by atoms with Crippen molar-refractivity contribution in [2.24, 2.45) is 0 Å². The summed E-state index contributed by atoms with van der Waals surface area (Å²) in [5, 5.41) is 15.7. The topological polar surface area (TPSA) is 142 Å². The minimum absolute atomic E-state index is 0.0981. The van der Waals surface area contributed by atoms with Crippen LogP contribution in [0.3, 0.4) is 0 Å². The molecule has 3 aromatic carbocycles. The molecule has 4 N–H and O–H groups in total. The second kappa shape index (κ2) is 11.8. The summed E-state index contributed by atoms with van der Waals surface area (Å²) in [5.41, 5.74) is 6.44. The molecule has 0 atom stereocenters. The summed E-state index contributed by atoms with van der Waals surface area (Å²) in [4.78, 5) is 46.7. The lowest BCUT2D eigenvalue weighted by molar-refractivity contribution is -0.384. The van der Waals surface area contributed by atoms with Crippen LogP contribution in [0.1, 0.15) is 26.3 Å². The van der Waals surface area contributed by atoms with Crippen LogP contribution in [0.15, 0.2) is 84.9 Å². The van der Waals surface area contributed by atoms with Crippen LogP contribution in [0.2, 0.25) is 0 Å². The molecule has 10 nitrogen and oxygen atoms in total. The number of rotatable bonds is 6. The molecule has 0 spiro atoms. The highest BCUT2D eigenvalue weighted by Gasteiger charge is 2.09. The Hall–Kier alpha value is -4.90. The first kappa shape index (κ1) is 24.7. The van der Waals surface area contributed by atoms with Crippen molar-refractivity contribution < 1.29 is 19.3 Å². The summed E-state index contributed by atoms with van der Waals surface area (Å²) < 4.78 is 0. The molecule has 0 radical (unpaired) electrons. The normalized spacial score (nSPS) is 10.3. The highest BCUT2D eigenvalue weighted by molar-refractivity contribution is 7.80. The molecule has 0 saturated heterocycles. The summed E-state index contributed by atoms with van der Waals surface area (Å²) in [6, 6.07) is 20.7. The largest absolute Gasteiger partial charge is 0.322 e. The first-order valence-corrected chi connectivity index (χ1v) is 10.5. The van der Waals surface area contributed by atoms with Gasteiger partial charge in [0.25, 0.3) is 17.5 Å². The number of benzene rings is 3. The second-order valence-corrected chi connectivity index (χ2v) is 7.39. The molecular formula is C24H19N5O5S. The van der Waals surface area contributed by atoms with E-state index in [1.807, 2.05) is 6.07 Å². The van der Waals surface area contributed by atoms with Crippen LogP contribution < -0.4 is 21.5 Å². The van der Waals surface area contributed by atoms with E-state index in [2.05, 4.69) is 21.5 Å². The molecule has 0 fully saturated rings. The lowest BCUT2D eigenvalue weighted by atomic mass is 10.2. The van der Waals surface area contributed by atoms with E-state index in [1.165, 1.54) is 36.4 Å². The van der Waals surface area contributed by atoms with Gasteiger partial charge < -0.3 is 5.32 Å². The number of nitro groups is 1. The summed E-state index contributed by atoms with van der Waals surface area (Å²) in [6.45, 7) is 0. The molecule has 35 heavy (non-hydrogen) atoms. The maximum Gasteiger partial charge on any atom is 0.270 e. The summed E-state index contributed by atoms with van der Waals surface area (Å²) in [5.74, 6) is -1.39. The van der Waals surface area contributed by atoms with Gasteiger partial charge in [0, 0.05) is 35.0 Å². The van der Waals surface area contributed by atoms with Crippen molar-refractivity contribution in [3.8, 4) is 0 Å². The highest BCUT2D eigenvalue weighted by Crippen LogP contribution is 2.14. The standard InChI is InChI=1S/C24H19N5O5S/c30-21(14-9-16-5-4-8-20(15-16)29(33)34)26-24(35)28-27-23(32)18-10-12-19(13-11-18)25-22(31)17-6-2-1-3-7-17/h1-15H,(H,25,31)(H,27,32)(H2,26,28,30,35)/b14-9+. The quantitative estimate of drug-likeness (QED) is 0.180. The molecule has 3 aromatic rings. The van der Waals surface area contributed by atoms with E-state index in [9.17, 15) is 24.5 Å². The van der Waals surface area contributed by atoms with E-state index in [0.29, 0.717) is 16.8 Å². The van der Waals surface area contributed by atoms with Gasteiger partial charge in [-0.3, -0.25) is 40.7 Å². The van der Waals surface area contributed by atoms with E-state index in [-0.39, 0.29) is 22.3 Å². The third-order valence-corrected chi connectivity index (χ3v) is 4.68. The van der Waals surface area contributed by atoms with Crippen molar-refractivity contribution in [3.63, 3.8) is 0 Å². The number of amides is 3. The maximum absolute atomic E-state index is 12.3. The van der Waals surface area contributed by atoms with E-state index in [1.54, 1.807) is 42.5 Å². The molecule has 0 bridgehead atoms. The molecule has 11 heteroatoms. The molecule has 0 unspecified atom stereocenters. The number of nitro benzene ring substituents is 1. The SMILES string of the molecule is O=C(/C=C/c1cccc([N+](=O)[O-])c1)NC(=S)NNC(=O)c1ccc(NC(=O)c2ccccc2)cc1. The number of nitrogens with one attached hydrogen (secondary N) is 4. The molecule has 3 amide bonds. The van der Waals surface area contributed by atoms with Gasteiger partial charge in [-0.1, -0.05) is 30.3 Å². The van der Waals surface area contributed by atoms with Crippen LogP contribution in [-0.2, 0) is 4.79 Å². The van der Waals surface area contributed by atoms with E-state index in [4.69, 9.17) is 12.2 Å². The molecule has 0 aliphatic carbocycles. The first-order chi connectivity index (χ1) is 16.8. The van der Waals surface area contributed by atoms with Gasteiger partial charge in [0.15, 0.2) is 5.11 Å². The molecular weight excluding hydrogens is 470 g/mol. The smallest absolute Gasteiger partial charge is 0.270 e. The van der Waals surface area contributed by atoms with Crippen LogP contribution >= 0.6 is 12.2 Å². The van der Waals surface area contributed by atoms with Crippen LogP contribution in [0.5, 0.6) is 0 Å². The number of nitrogens with zero attached hydrogens (tertiary/aromatic N) is 1. The van der Waals surface area contributed by atoms with Gasteiger partial charge in [-0.05, 0) is 60.3 Å². The predicted molar refractivity (Wildman–Crippen MR) is 134 cm³/mol. The average molecular weight is 490 g/mol. The Morgan fingerprint density at radius 3 is 2.20 bits per heavy atom. The number of carbonyl (C=O) groups is 3. The molecule has 3 rings (SSSR count). The third-order valence-electron chi connectivity index (χ3n) is 4.48. The maximum atomic E-state index is 12.3. The van der Waals surface area contributed by atoms with Crippen molar-refractivity contribution in [3.05, 3.63) is 112 Å². The number of thiocarbonyl (C=S) groups is 1. The van der Waals surface area contributed by atoms with E-state index < -0.39 is 16.7 Å². The molecule has 0 aliphatic rings. The summed E-state index contributed by atoms with van der Waals surface area (Å²) in [6.07, 6.45) is 2.54. The Kier molecular flexibility index (Phi) is 8.35. The fraction of sp³-hybridized carbons (Fsp3) is 0. The highest BCUT2D eigenvalue weighted by atomic mass is 32.1.